The highest BCUT2D eigenvalue weighted by Crippen LogP contribution is 2.15. The number of ether oxygens (including phenoxy) is 6. The summed E-state index contributed by atoms with van der Waals surface area (Å²) in [5.41, 5.74) is 1.39. The second-order valence-electron chi connectivity index (χ2n) is 11.6. The van der Waals surface area contributed by atoms with Crippen LogP contribution in [0.4, 0.5) is 0 Å². The molecule has 0 aliphatic rings. The highest BCUT2D eigenvalue weighted by molar-refractivity contribution is 5.27. The Morgan fingerprint density at radius 1 is 0.349 bits per heavy atom. The van der Waals surface area contributed by atoms with Crippen LogP contribution in [0.2, 0.25) is 0 Å². The Morgan fingerprint density at radius 2 is 0.698 bits per heavy atom. The minimum Gasteiger partial charge on any atom is -0.491 e. The predicted molar refractivity (Wildman–Crippen MR) is 180 cm³/mol. The summed E-state index contributed by atoms with van der Waals surface area (Å²) in [5, 5.41) is 0. The standard InChI is InChI=1S/C37H68O6/c1-3-5-7-9-11-12-13-15-17-19-25-38-26-27-39-28-29-40-30-31-41-32-33-42-34-35-43-37-23-21-36(22-24-37)20-18-16-14-10-8-6-4-2/h21-24H,3-20,25-35H2,1-2H3. The monoisotopic (exact) mass is 609 g/mol. The van der Waals surface area contributed by atoms with E-state index >= 15 is 0 Å². The number of hydrogen-bond donors (Lipinski definition) is 0. The Kier molecular flexibility index (Phi) is 31.2. The van der Waals surface area contributed by atoms with Crippen molar-refractivity contribution in [3.8, 4) is 5.75 Å². The molecule has 0 amide bonds. The molecule has 43 heavy (non-hydrogen) atoms. The van der Waals surface area contributed by atoms with Gasteiger partial charge in [0.05, 0.1) is 59.5 Å². The van der Waals surface area contributed by atoms with Crippen LogP contribution in [0.15, 0.2) is 24.3 Å². The summed E-state index contributed by atoms with van der Waals surface area (Å²) in [6, 6.07) is 8.51. The number of benzene rings is 1. The first-order valence-corrected chi connectivity index (χ1v) is 18.0. The molecule has 1 rings (SSSR count). The van der Waals surface area contributed by atoms with Crippen molar-refractivity contribution >= 4 is 0 Å². The minimum absolute atomic E-state index is 0.546. The molecule has 0 saturated carbocycles. The molecule has 0 saturated heterocycles. The summed E-state index contributed by atoms with van der Waals surface area (Å²) < 4.78 is 33.7. The van der Waals surface area contributed by atoms with Crippen LogP contribution in [0.1, 0.15) is 129 Å². The summed E-state index contributed by atoms with van der Waals surface area (Å²) >= 11 is 0. The molecule has 0 unspecified atom stereocenters. The van der Waals surface area contributed by atoms with Crippen molar-refractivity contribution < 1.29 is 28.4 Å². The van der Waals surface area contributed by atoms with E-state index in [0.717, 1.165) is 25.2 Å². The van der Waals surface area contributed by atoms with Gasteiger partial charge in [0.15, 0.2) is 0 Å². The third-order valence-corrected chi connectivity index (χ3v) is 7.62. The molecule has 0 fully saturated rings. The lowest BCUT2D eigenvalue weighted by molar-refractivity contribution is -0.0128. The molecule has 6 nitrogen and oxygen atoms in total. The van der Waals surface area contributed by atoms with Gasteiger partial charge in [-0.1, -0.05) is 122 Å². The fourth-order valence-corrected chi connectivity index (χ4v) is 4.93. The van der Waals surface area contributed by atoms with Crippen molar-refractivity contribution in [1.82, 2.24) is 0 Å². The maximum Gasteiger partial charge on any atom is 0.119 e. The lowest BCUT2D eigenvalue weighted by atomic mass is 10.0. The molecule has 0 spiro atoms. The average molecular weight is 609 g/mol. The van der Waals surface area contributed by atoms with Gasteiger partial charge in [-0.25, -0.2) is 0 Å². The van der Waals surface area contributed by atoms with Gasteiger partial charge in [-0.3, -0.25) is 0 Å². The van der Waals surface area contributed by atoms with E-state index in [1.807, 2.05) is 0 Å². The van der Waals surface area contributed by atoms with Crippen LogP contribution in [0.3, 0.4) is 0 Å². The quantitative estimate of drug-likeness (QED) is 0.0716. The molecule has 0 heterocycles. The van der Waals surface area contributed by atoms with Gasteiger partial charge in [0, 0.05) is 6.61 Å². The first-order chi connectivity index (χ1) is 21.4. The number of rotatable bonds is 35. The van der Waals surface area contributed by atoms with E-state index in [1.54, 1.807) is 0 Å². The van der Waals surface area contributed by atoms with E-state index in [4.69, 9.17) is 28.4 Å². The van der Waals surface area contributed by atoms with Crippen LogP contribution in [0.5, 0.6) is 5.75 Å². The second kappa shape index (κ2) is 33.7. The first-order valence-electron chi connectivity index (χ1n) is 18.0. The van der Waals surface area contributed by atoms with E-state index in [-0.39, 0.29) is 0 Å². The second-order valence-corrected chi connectivity index (χ2v) is 11.6. The van der Waals surface area contributed by atoms with Gasteiger partial charge in [-0.2, -0.15) is 0 Å². The zero-order valence-corrected chi connectivity index (χ0v) is 28.3. The highest BCUT2D eigenvalue weighted by Gasteiger charge is 1.99. The summed E-state index contributed by atoms with van der Waals surface area (Å²) in [5.74, 6) is 0.904. The molecule has 0 aliphatic carbocycles. The Morgan fingerprint density at radius 3 is 1.14 bits per heavy atom. The van der Waals surface area contributed by atoms with Gasteiger partial charge in [0.1, 0.15) is 12.4 Å². The van der Waals surface area contributed by atoms with E-state index in [0.29, 0.717) is 66.1 Å². The minimum atomic E-state index is 0.546. The summed E-state index contributed by atoms with van der Waals surface area (Å²) in [6.07, 6.45) is 24.1. The molecule has 6 heteroatoms. The smallest absolute Gasteiger partial charge is 0.119 e. The Balaban J connectivity index is 1.73. The van der Waals surface area contributed by atoms with Crippen molar-refractivity contribution in [3.63, 3.8) is 0 Å². The lowest BCUT2D eigenvalue weighted by Crippen LogP contribution is -2.14. The zero-order valence-electron chi connectivity index (χ0n) is 28.3. The molecule has 0 N–H and O–H groups in total. The van der Waals surface area contributed by atoms with Gasteiger partial charge >= 0.3 is 0 Å². The van der Waals surface area contributed by atoms with Crippen molar-refractivity contribution in [3.05, 3.63) is 29.8 Å². The molecule has 0 radical (unpaired) electrons. The third-order valence-electron chi connectivity index (χ3n) is 7.62. The van der Waals surface area contributed by atoms with E-state index < -0.39 is 0 Å². The van der Waals surface area contributed by atoms with E-state index in [2.05, 4.69) is 38.1 Å². The van der Waals surface area contributed by atoms with Gasteiger partial charge in [-0.05, 0) is 37.0 Å². The molecule has 1 aromatic carbocycles. The van der Waals surface area contributed by atoms with Crippen molar-refractivity contribution in [2.75, 3.05) is 72.7 Å². The largest absolute Gasteiger partial charge is 0.491 e. The topological polar surface area (TPSA) is 55.4 Å². The van der Waals surface area contributed by atoms with Crippen LogP contribution in [0.25, 0.3) is 0 Å². The Labute approximate surface area is 265 Å². The maximum atomic E-state index is 5.79. The van der Waals surface area contributed by atoms with Crippen molar-refractivity contribution in [2.24, 2.45) is 0 Å². The highest BCUT2D eigenvalue weighted by atomic mass is 16.6. The SMILES string of the molecule is CCCCCCCCCCCCOCCOCCOCCOCCOCCOc1ccc(CCCCCCCCC)cc1. The fraction of sp³-hybridized carbons (Fsp3) is 0.838. The Bertz CT molecular complexity index is 653. The van der Waals surface area contributed by atoms with Crippen molar-refractivity contribution in [2.45, 2.75) is 129 Å². The maximum absolute atomic E-state index is 5.79. The molecular formula is C37H68O6. The van der Waals surface area contributed by atoms with Gasteiger partial charge in [0.2, 0.25) is 0 Å². The normalized spacial score (nSPS) is 11.4. The molecule has 0 aliphatic heterocycles. The Hall–Kier alpha value is -1.18. The van der Waals surface area contributed by atoms with Crippen LogP contribution in [-0.4, -0.2) is 72.7 Å². The number of hydrogen-bond acceptors (Lipinski definition) is 6. The van der Waals surface area contributed by atoms with E-state index in [9.17, 15) is 0 Å². The van der Waals surface area contributed by atoms with Crippen LogP contribution in [-0.2, 0) is 30.1 Å². The molecule has 0 atom stereocenters. The number of aryl methyl sites for hydroxylation is 1. The van der Waals surface area contributed by atoms with Crippen LogP contribution >= 0.6 is 0 Å². The van der Waals surface area contributed by atoms with E-state index in [1.165, 1.54) is 108 Å². The van der Waals surface area contributed by atoms with Gasteiger partial charge < -0.3 is 28.4 Å². The van der Waals surface area contributed by atoms with Crippen LogP contribution in [0, 0.1) is 0 Å². The molecule has 1 aromatic rings. The van der Waals surface area contributed by atoms with Gasteiger partial charge in [-0.15, -0.1) is 0 Å². The lowest BCUT2D eigenvalue weighted by Gasteiger charge is -2.09. The van der Waals surface area contributed by atoms with Crippen LogP contribution < -0.4 is 4.74 Å². The molecule has 0 aromatic heterocycles. The molecule has 0 bridgehead atoms. The predicted octanol–water partition coefficient (Wildman–Crippen LogP) is 9.36. The first kappa shape index (κ1) is 39.8. The van der Waals surface area contributed by atoms with Gasteiger partial charge in [0.25, 0.3) is 0 Å². The third kappa shape index (κ3) is 29.3. The van der Waals surface area contributed by atoms with Crippen molar-refractivity contribution in [1.29, 1.82) is 0 Å². The summed E-state index contributed by atoms with van der Waals surface area (Å²) in [7, 11) is 0. The fourth-order valence-electron chi connectivity index (χ4n) is 4.93. The number of unbranched alkanes of at least 4 members (excludes halogenated alkanes) is 15. The zero-order chi connectivity index (χ0) is 30.7. The molecular weight excluding hydrogens is 540 g/mol. The average Bonchev–Trinajstić information content (AvgIpc) is 3.03. The summed E-state index contributed by atoms with van der Waals surface area (Å²) in [4.78, 5) is 0. The summed E-state index contributed by atoms with van der Waals surface area (Å²) in [6.45, 7) is 11.2. The molecule has 252 valence electrons.